The molecule has 1 aliphatic rings. The number of thiazole rings is 1. The van der Waals surface area contributed by atoms with Gasteiger partial charge in [-0.3, -0.25) is 4.79 Å². The Balaban J connectivity index is 1.30. The van der Waals surface area contributed by atoms with Crippen molar-refractivity contribution < 1.29 is 34.8 Å². The number of alkyl halides is 3. The van der Waals surface area contributed by atoms with Crippen molar-refractivity contribution in [1.29, 1.82) is 0 Å². The van der Waals surface area contributed by atoms with E-state index >= 15 is 0 Å². The highest BCUT2D eigenvalue weighted by atomic mass is 32.3. The van der Waals surface area contributed by atoms with Gasteiger partial charge >= 0.3 is 6.18 Å². The fourth-order valence-corrected chi connectivity index (χ4v) is 8.04. The number of halogens is 3. The third-order valence-electron chi connectivity index (χ3n) is 6.78. The van der Waals surface area contributed by atoms with Gasteiger partial charge in [-0.25, -0.2) is 27.0 Å². The number of amides is 1. The van der Waals surface area contributed by atoms with Crippen LogP contribution in [0.3, 0.4) is 0 Å². The number of sulfonamides is 1. The van der Waals surface area contributed by atoms with Crippen molar-refractivity contribution in [2.45, 2.75) is 60.3 Å². The summed E-state index contributed by atoms with van der Waals surface area (Å²) in [6, 6.07) is 3.40. The largest absolute Gasteiger partial charge is 0.416 e. The lowest BCUT2D eigenvalue weighted by Gasteiger charge is -2.32. The summed E-state index contributed by atoms with van der Waals surface area (Å²) >= 11 is 0.513. The van der Waals surface area contributed by atoms with Gasteiger partial charge < -0.3 is 4.90 Å². The molecule has 12 nitrogen and oxygen atoms in total. The van der Waals surface area contributed by atoms with Gasteiger partial charge in [-0.15, -0.1) is 10.2 Å². The fraction of sp³-hybridized carbons (Fsp3) is 0.522. The van der Waals surface area contributed by atoms with Crippen LogP contribution in [0.1, 0.15) is 48.2 Å². The van der Waals surface area contributed by atoms with E-state index in [9.17, 15) is 34.8 Å². The molecule has 1 saturated heterocycles. The number of tetrazole rings is 1. The molecular weight excluding hydrogens is 607 g/mol. The average molecular weight is 636 g/mol. The summed E-state index contributed by atoms with van der Waals surface area (Å²) in [7, 11) is -7.82. The molecule has 224 valence electrons. The molecule has 2 aromatic heterocycles. The van der Waals surface area contributed by atoms with E-state index in [1.165, 1.54) is 10.9 Å². The Labute approximate surface area is 238 Å². The summed E-state index contributed by atoms with van der Waals surface area (Å²) in [4.78, 5) is 19.5. The van der Waals surface area contributed by atoms with Gasteiger partial charge in [0.05, 0.1) is 24.1 Å². The van der Waals surface area contributed by atoms with Crippen molar-refractivity contribution in [1.82, 2.24) is 30.1 Å². The molecule has 0 saturated carbocycles. The first-order valence-electron chi connectivity index (χ1n) is 12.5. The normalized spacial score (nSPS) is 15.4. The molecule has 0 unspecified atom stereocenters. The van der Waals surface area contributed by atoms with Crippen LogP contribution in [0, 0.1) is 12.8 Å². The zero-order valence-corrected chi connectivity index (χ0v) is 24.4. The minimum Gasteiger partial charge on any atom is -0.343 e. The number of aromatic nitrogens is 5. The number of primary sulfonamides is 1. The summed E-state index contributed by atoms with van der Waals surface area (Å²) in [6.07, 6.45) is -1.76. The highest BCUT2D eigenvalue weighted by Crippen LogP contribution is 2.31. The minimum atomic E-state index is -4.52. The molecule has 0 spiro atoms. The van der Waals surface area contributed by atoms with E-state index in [2.05, 4.69) is 20.4 Å². The van der Waals surface area contributed by atoms with Crippen molar-refractivity contribution in [3.8, 4) is 0 Å². The van der Waals surface area contributed by atoms with Crippen molar-refractivity contribution >= 4 is 37.1 Å². The summed E-state index contributed by atoms with van der Waals surface area (Å²) in [6.45, 7) is 2.45. The Morgan fingerprint density at radius 3 is 2.44 bits per heavy atom. The van der Waals surface area contributed by atoms with Crippen molar-refractivity contribution in [3.63, 3.8) is 0 Å². The van der Waals surface area contributed by atoms with Crippen LogP contribution in [0.15, 0.2) is 32.9 Å². The van der Waals surface area contributed by atoms with E-state index in [0.717, 1.165) is 18.3 Å². The monoisotopic (exact) mass is 635 g/mol. The number of nitrogens with two attached hydrogens (primary N) is 1. The van der Waals surface area contributed by atoms with Gasteiger partial charge in [-0.2, -0.15) is 18.0 Å². The van der Waals surface area contributed by atoms with Gasteiger partial charge in [0, 0.05) is 19.5 Å². The molecule has 4 rings (SSSR count). The van der Waals surface area contributed by atoms with Crippen LogP contribution in [0.25, 0.3) is 0 Å². The topological polar surface area (TPSA) is 171 Å². The number of carbonyl (C=O) groups excluding carboxylic acids is 1. The number of hydrogen-bond acceptors (Lipinski definition) is 10. The Bertz CT molecular complexity index is 1610. The lowest BCUT2D eigenvalue weighted by atomic mass is 9.94. The van der Waals surface area contributed by atoms with Crippen LogP contribution < -0.4 is 5.14 Å². The maximum absolute atomic E-state index is 13.3. The molecule has 2 N–H and O–H groups in total. The van der Waals surface area contributed by atoms with Crippen molar-refractivity contribution in [3.05, 3.63) is 46.9 Å². The van der Waals surface area contributed by atoms with Crippen LogP contribution in [-0.2, 0) is 43.8 Å². The predicted octanol–water partition coefficient (Wildman–Crippen LogP) is 2.19. The molecule has 0 bridgehead atoms. The number of benzene rings is 1. The Morgan fingerprint density at radius 1 is 1.15 bits per heavy atom. The molecule has 0 radical (unpaired) electrons. The van der Waals surface area contributed by atoms with Crippen LogP contribution in [0.5, 0.6) is 0 Å². The first kappa shape index (κ1) is 31.0. The zero-order chi connectivity index (χ0) is 30.0. The number of likely N-dealkylation sites (tertiary alicyclic amines) is 1. The summed E-state index contributed by atoms with van der Waals surface area (Å²) in [5.41, 5.74) is 0.124. The summed E-state index contributed by atoms with van der Waals surface area (Å²) < 4.78 is 87.3. The molecule has 0 atom stereocenters. The quantitative estimate of drug-likeness (QED) is 0.351. The molecule has 1 aromatic carbocycles. The number of piperidine rings is 1. The molecular formula is C23H28F3N7O5S3. The first-order valence-corrected chi connectivity index (χ1v) is 16.6. The number of sulfone groups is 1. The Kier molecular flexibility index (Phi) is 9.15. The lowest BCUT2D eigenvalue weighted by Crippen LogP contribution is -2.39. The van der Waals surface area contributed by atoms with E-state index in [0.29, 0.717) is 60.6 Å². The second kappa shape index (κ2) is 12.1. The molecule has 0 aliphatic carbocycles. The highest BCUT2D eigenvalue weighted by Gasteiger charge is 2.31. The molecule has 3 aromatic rings. The van der Waals surface area contributed by atoms with E-state index in [1.54, 1.807) is 11.8 Å². The van der Waals surface area contributed by atoms with Gasteiger partial charge in [0.15, 0.2) is 10.0 Å². The third kappa shape index (κ3) is 8.08. The molecule has 3 heterocycles. The van der Waals surface area contributed by atoms with Crippen LogP contribution in [0.2, 0.25) is 0 Å². The molecule has 41 heavy (non-hydrogen) atoms. The van der Waals surface area contributed by atoms with E-state index in [4.69, 9.17) is 5.14 Å². The van der Waals surface area contributed by atoms with Crippen molar-refractivity contribution in [2.75, 3.05) is 18.8 Å². The third-order valence-corrected chi connectivity index (χ3v) is 11.4. The average Bonchev–Trinajstić information content (AvgIpc) is 3.56. The molecule has 1 amide bonds. The van der Waals surface area contributed by atoms with E-state index in [1.807, 2.05) is 0 Å². The second-order valence-electron chi connectivity index (χ2n) is 9.77. The first-order chi connectivity index (χ1) is 19.1. The Hall–Kier alpha value is -2.96. The highest BCUT2D eigenvalue weighted by molar-refractivity contribution is 7.95. The van der Waals surface area contributed by atoms with Crippen LogP contribution >= 0.6 is 11.3 Å². The summed E-state index contributed by atoms with van der Waals surface area (Å²) in [5.74, 6) is 0.0794. The van der Waals surface area contributed by atoms with Crippen LogP contribution in [-0.4, -0.2) is 71.7 Å². The van der Waals surface area contributed by atoms with E-state index < -0.39 is 31.6 Å². The maximum Gasteiger partial charge on any atom is 0.416 e. The zero-order valence-electron chi connectivity index (χ0n) is 21.9. The number of carbonyl (C=O) groups is 1. The van der Waals surface area contributed by atoms with Gasteiger partial charge in [0.25, 0.3) is 0 Å². The standard InChI is InChI=1S/C23H28F3N7O5S3/c1-15-29-31-33(30-15)14-18-12-19(23(24,25)26)4-2-17(18)3-5-20(34)32-9-6-16(7-10-32)8-11-40(35,36)22-28-13-21(39-22)41(27,37)38/h2,4,12-13,16H,3,5-11,14H2,1H3,(H2,27,37,38). The van der Waals surface area contributed by atoms with Gasteiger partial charge in [-0.05, 0) is 67.0 Å². The maximum atomic E-state index is 13.3. The number of rotatable bonds is 10. The van der Waals surface area contributed by atoms with Crippen LogP contribution in [0.4, 0.5) is 13.2 Å². The smallest absolute Gasteiger partial charge is 0.343 e. The molecule has 1 aliphatic heterocycles. The number of nitrogens with zero attached hydrogens (tertiary/aromatic N) is 6. The summed E-state index contributed by atoms with van der Waals surface area (Å²) in [5, 5.41) is 16.6. The SMILES string of the molecule is Cc1nnn(Cc2cc(C(F)(F)F)ccc2CCC(=O)N2CCC(CCS(=O)(=O)c3ncc(S(N)(=O)=O)s3)CC2)n1. The van der Waals surface area contributed by atoms with Gasteiger partial charge in [0.2, 0.25) is 30.1 Å². The lowest BCUT2D eigenvalue weighted by molar-refractivity contribution is -0.137. The second-order valence-corrected chi connectivity index (χ2v) is 14.9. The van der Waals surface area contributed by atoms with Gasteiger partial charge in [0.1, 0.15) is 0 Å². The fourth-order valence-electron chi connectivity index (χ4n) is 4.54. The molecule has 1 fully saturated rings. The van der Waals surface area contributed by atoms with E-state index in [-0.39, 0.29) is 45.5 Å². The minimum absolute atomic E-state index is 0.0209. The predicted molar refractivity (Wildman–Crippen MR) is 141 cm³/mol. The Morgan fingerprint density at radius 2 is 1.85 bits per heavy atom. The van der Waals surface area contributed by atoms with Gasteiger partial charge in [-0.1, -0.05) is 17.4 Å². The number of hydrogen-bond donors (Lipinski definition) is 1. The van der Waals surface area contributed by atoms with Crippen molar-refractivity contribution in [2.24, 2.45) is 11.1 Å². The molecule has 18 heteroatoms. The number of aryl methyl sites for hydroxylation is 2.